The van der Waals surface area contributed by atoms with Gasteiger partial charge in [0.1, 0.15) is 0 Å². The maximum absolute atomic E-state index is 2.21. The van der Waals surface area contributed by atoms with E-state index in [0.29, 0.717) is 0 Å². The Kier molecular flexibility index (Phi) is 9.19. The number of hydrogen-bond donors (Lipinski definition) is 0. The fraction of sp³-hybridized carbons (Fsp3) is 0.200. The van der Waals surface area contributed by atoms with Crippen molar-refractivity contribution < 1.29 is 45.9 Å². The number of hydrogen-bond acceptors (Lipinski definition) is 0. The van der Waals surface area contributed by atoms with E-state index in [1.54, 1.807) is 0 Å². The summed E-state index contributed by atoms with van der Waals surface area (Å²) in [6, 6.07) is 0. The van der Waals surface area contributed by atoms with Gasteiger partial charge < -0.3 is 24.8 Å². The van der Waals surface area contributed by atoms with Crippen molar-refractivity contribution in [1.82, 2.24) is 0 Å². The first-order valence-electron chi connectivity index (χ1n) is 3.68. The van der Waals surface area contributed by atoms with Crippen molar-refractivity contribution in [2.24, 2.45) is 0 Å². The van der Waals surface area contributed by atoms with Crippen molar-refractivity contribution in [3.8, 4) is 0 Å². The summed E-state index contributed by atoms with van der Waals surface area (Å²) in [5.41, 5.74) is 2.98. The Morgan fingerprint density at radius 1 is 0.769 bits per heavy atom. The molecule has 2 aliphatic carbocycles. The van der Waals surface area contributed by atoms with Gasteiger partial charge in [-0.3, -0.25) is 0 Å². The van der Waals surface area contributed by atoms with E-state index in [1.165, 1.54) is 11.1 Å². The van der Waals surface area contributed by atoms with Crippen molar-refractivity contribution in [1.29, 1.82) is 0 Å². The van der Waals surface area contributed by atoms with Crippen molar-refractivity contribution in [3.63, 3.8) is 0 Å². The molecule has 0 aromatic rings. The van der Waals surface area contributed by atoms with Crippen molar-refractivity contribution in [2.75, 3.05) is 0 Å². The predicted molar refractivity (Wildman–Crippen MR) is 43.7 cm³/mol. The smallest absolute Gasteiger partial charge is 1.00 e. The minimum absolute atomic E-state index is 0. The summed E-state index contributed by atoms with van der Waals surface area (Å²) in [6.07, 6.45) is 15.4. The second-order valence-corrected chi connectivity index (χ2v) is 2.65. The minimum Gasteiger partial charge on any atom is -1.00 e. The maximum Gasteiger partial charge on any atom is 2.00 e. The van der Waals surface area contributed by atoms with E-state index in [2.05, 4.69) is 36.5 Å². The molecule has 0 unspecified atom stereocenters. The molecule has 3 heteroatoms. The van der Waals surface area contributed by atoms with Crippen LogP contribution in [0.4, 0.5) is 0 Å². The van der Waals surface area contributed by atoms with Crippen LogP contribution in [-0.4, -0.2) is 0 Å². The summed E-state index contributed by atoms with van der Waals surface area (Å²) < 4.78 is 0. The molecule has 0 aliphatic heterocycles. The summed E-state index contributed by atoms with van der Waals surface area (Å²) in [5.74, 6) is 0. The Labute approximate surface area is 106 Å². The van der Waals surface area contributed by atoms with Crippen molar-refractivity contribution in [3.05, 3.63) is 47.6 Å². The molecule has 2 rings (SSSR count). The first-order chi connectivity index (χ1) is 4.97. The Hall–Kier alpha value is 0.228. The van der Waals surface area contributed by atoms with Gasteiger partial charge in [-0.05, 0) is 24.0 Å². The van der Waals surface area contributed by atoms with E-state index in [0.717, 1.165) is 12.8 Å². The van der Waals surface area contributed by atoms with Gasteiger partial charge in [-0.2, -0.15) is 0 Å². The largest absolute Gasteiger partial charge is 2.00 e. The molecule has 0 heterocycles. The molecule has 0 N–H and O–H groups in total. The standard InChI is InChI=1S/C10H10.2ClH.W/c1-2-6-9(5-1)10-7-3-4-8-10;;;/h1-5,7H,6,8H2;2*1H;/q;;;+2/p-2. The van der Waals surface area contributed by atoms with Gasteiger partial charge in [-0.1, -0.05) is 36.5 Å². The van der Waals surface area contributed by atoms with E-state index in [1.807, 2.05) is 0 Å². The summed E-state index contributed by atoms with van der Waals surface area (Å²) in [4.78, 5) is 0. The average Bonchev–Trinajstić information content (AvgIpc) is 2.59. The first-order valence-corrected chi connectivity index (χ1v) is 3.68. The molecular weight excluding hydrogens is 375 g/mol. The van der Waals surface area contributed by atoms with Crippen LogP contribution >= 0.6 is 0 Å². The van der Waals surface area contributed by atoms with Crippen LogP contribution in [0.15, 0.2) is 47.6 Å². The fourth-order valence-corrected chi connectivity index (χ4v) is 1.37. The van der Waals surface area contributed by atoms with E-state index < -0.39 is 0 Å². The molecule has 0 aromatic carbocycles. The third-order valence-electron chi connectivity index (χ3n) is 1.95. The van der Waals surface area contributed by atoms with Crippen LogP contribution in [0.1, 0.15) is 12.8 Å². The molecule has 0 nitrogen and oxygen atoms in total. The quantitative estimate of drug-likeness (QED) is 0.446. The van der Waals surface area contributed by atoms with E-state index in [9.17, 15) is 0 Å². The Bertz CT molecular complexity index is 234. The van der Waals surface area contributed by atoms with Gasteiger partial charge >= 0.3 is 21.1 Å². The fourth-order valence-electron chi connectivity index (χ4n) is 1.37. The molecule has 0 fully saturated rings. The van der Waals surface area contributed by atoms with Crippen LogP contribution in [0.2, 0.25) is 0 Å². The van der Waals surface area contributed by atoms with Gasteiger partial charge in [0.25, 0.3) is 0 Å². The third-order valence-corrected chi connectivity index (χ3v) is 1.95. The zero-order chi connectivity index (χ0) is 6.81. The Morgan fingerprint density at radius 2 is 1.15 bits per heavy atom. The van der Waals surface area contributed by atoms with Gasteiger partial charge in [0.15, 0.2) is 0 Å². The monoisotopic (exact) mass is 384 g/mol. The Balaban J connectivity index is 0. The van der Waals surface area contributed by atoms with Gasteiger partial charge in [-0.15, -0.1) is 0 Å². The average molecular weight is 385 g/mol. The summed E-state index contributed by atoms with van der Waals surface area (Å²) in [6.45, 7) is 0. The van der Waals surface area contributed by atoms with Crippen molar-refractivity contribution in [2.45, 2.75) is 12.8 Å². The second-order valence-electron chi connectivity index (χ2n) is 2.65. The molecule has 0 spiro atoms. The molecule has 0 aromatic heterocycles. The topological polar surface area (TPSA) is 0 Å². The van der Waals surface area contributed by atoms with Gasteiger partial charge in [0.05, 0.1) is 0 Å². The molecule has 2 aliphatic rings. The molecule has 13 heavy (non-hydrogen) atoms. The maximum atomic E-state index is 2.21. The zero-order valence-electron chi connectivity index (χ0n) is 7.04. The van der Waals surface area contributed by atoms with Crippen LogP contribution < -0.4 is 24.8 Å². The van der Waals surface area contributed by atoms with Crippen molar-refractivity contribution >= 4 is 0 Å². The van der Waals surface area contributed by atoms with E-state index >= 15 is 0 Å². The van der Waals surface area contributed by atoms with Gasteiger partial charge in [0, 0.05) is 0 Å². The molecule has 0 saturated carbocycles. The SMILES string of the molecule is C1=CCC(C2=CC=CC2)=C1.[Cl-].[Cl-].[W+2]. The predicted octanol–water partition coefficient (Wildman–Crippen LogP) is -3.24. The second kappa shape index (κ2) is 7.62. The van der Waals surface area contributed by atoms with Crippen LogP contribution in [0.25, 0.3) is 0 Å². The summed E-state index contributed by atoms with van der Waals surface area (Å²) in [5, 5.41) is 0. The van der Waals surface area contributed by atoms with Crippen LogP contribution in [0, 0.1) is 0 Å². The number of rotatable bonds is 1. The molecule has 0 saturated heterocycles. The normalized spacial score (nSPS) is 16.6. The molecule has 0 radical (unpaired) electrons. The third kappa shape index (κ3) is 3.85. The molecule has 70 valence electrons. The zero-order valence-corrected chi connectivity index (χ0v) is 11.5. The molecule has 0 bridgehead atoms. The summed E-state index contributed by atoms with van der Waals surface area (Å²) in [7, 11) is 0. The first kappa shape index (κ1) is 15.7. The van der Waals surface area contributed by atoms with E-state index in [4.69, 9.17) is 0 Å². The molecular formula is C10H10Cl2W. The van der Waals surface area contributed by atoms with Crippen LogP contribution in [0.5, 0.6) is 0 Å². The summed E-state index contributed by atoms with van der Waals surface area (Å²) >= 11 is 0. The van der Waals surface area contributed by atoms with Crippen LogP contribution in [-0.2, 0) is 21.1 Å². The number of allylic oxidation sites excluding steroid dienone is 8. The molecule has 0 atom stereocenters. The van der Waals surface area contributed by atoms with E-state index in [-0.39, 0.29) is 45.9 Å². The van der Waals surface area contributed by atoms with Gasteiger partial charge in [0.2, 0.25) is 0 Å². The van der Waals surface area contributed by atoms with Gasteiger partial charge in [-0.25, -0.2) is 0 Å². The minimum atomic E-state index is 0. The molecule has 0 amide bonds. The van der Waals surface area contributed by atoms with Crippen LogP contribution in [0.3, 0.4) is 0 Å². The Morgan fingerprint density at radius 3 is 1.38 bits per heavy atom. The number of halogens is 2.